The van der Waals surface area contributed by atoms with E-state index in [4.69, 9.17) is 21.7 Å². The maximum Gasteiger partial charge on any atom is 0.281 e. The lowest BCUT2D eigenvalue weighted by molar-refractivity contribution is -0.155. The van der Waals surface area contributed by atoms with Crippen molar-refractivity contribution in [3.8, 4) is 0 Å². The smallest absolute Gasteiger partial charge is 0.281 e. The predicted molar refractivity (Wildman–Crippen MR) is 88.9 cm³/mol. The number of hydrogen-bond donors (Lipinski definition) is 1. The topological polar surface area (TPSA) is 30.5 Å². The van der Waals surface area contributed by atoms with Crippen molar-refractivity contribution in [1.29, 1.82) is 0 Å². The summed E-state index contributed by atoms with van der Waals surface area (Å²) in [6.45, 7) is 2.46. The van der Waals surface area contributed by atoms with Crippen LogP contribution in [-0.2, 0) is 15.3 Å². The zero-order chi connectivity index (χ0) is 14.7. The normalized spacial score (nSPS) is 23.1. The molecule has 1 unspecified atom stereocenters. The first-order chi connectivity index (χ1) is 10.2. The molecule has 3 rings (SSSR count). The van der Waals surface area contributed by atoms with Gasteiger partial charge in [0.15, 0.2) is 0 Å². The molecule has 1 aliphatic rings. The standard InChI is InChI=1S/C16H15NO2S2/c1-2-18-16(12-7-4-3-5-8-12)14(17-15(20)19-16)11-13-9-6-10-21-13/h3-11H,2H2,1H3,(H,17,20)/b14-11-. The first-order valence-electron chi connectivity index (χ1n) is 6.70. The van der Waals surface area contributed by atoms with Crippen molar-refractivity contribution in [3.63, 3.8) is 0 Å². The van der Waals surface area contributed by atoms with Gasteiger partial charge in [-0.2, -0.15) is 0 Å². The van der Waals surface area contributed by atoms with Crippen LogP contribution in [0.15, 0.2) is 53.5 Å². The SMILES string of the molecule is CCOC1(c2ccccc2)OC(=S)N/C1=C\c1cccs1. The highest BCUT2D eigenvalue weighted by molar-refractivity contribution is 7.80. The van der Waals surface area contributed by atoms with E-state index in [1.165, 1.54) is 0 Å². The lowest BCUT2D eigenvalue weighted by Gasteiger charge is -2.28. The van der Waals surface area contributed by atoms with Crippen LogP contribution in [0.4, 0.5) is 0 Å². The second kappa shape index (κ2) is 5.97. The molecule has 0 bridgehead atoms. The molecule has 0 aliphatic carbocycles. The van der Waals surface area contributed by atoms with Crippen molar-refractivity contribution < 1.29 is 9.47 Å². The minimum atomic E-state index is -0.989. The third-order valence-corrected chi connectivity index (χ3v) is 4.16. The first-order valence-corrected chi connectivity index (χ1v) is 7.98. The van der Waals surface area contributed by atoms with Crippen LogP contribution in [0.5, 0.6) is 0 Å². The molecule has 1 aromatic carbocycles. The fraction of sp³-hybridized carbons (Fsp3) is 0.188. The highest BCUT2D eigenvalue weighted by atomic mass is 32.1. The van der Waals surface area contributed by atoms with Gasteiger partial charge in [0.2, 0.25) is 0 Å². The lowest BCUT2D eigenvalue weighted by Crippen LogP contribution is -2.32. The molecule has 0 spiro atoms. The van der Waals surface area contributed by atoms with E-state index in [-0.39, 0.29) is 0 Å². The second-order valence-electron chi connectivity index (χ2n) is 4.50. The number of hydrogen-bond acceptors (Lipinski definition) is 4. The summed E-state index contributed by atoms with van der Waals surface area (Å²) in [5.74, 6) is -0.989. The third kappa shape index (κ3) is 2.72. The molecule has 0 amide bonds. The molecular weight excluding hydrogens is 302 g/mol. The van der Waals surface area contributed by atoms with E-state index in [1.807, 2.05) is 60.8 Å². The summed E-state index contributed by atoms with van der Waals surface area (Å²) < 4.78 is 11.8. The number of thiocarbonyl (C=S) groups is 1. The number of benzene rings is 1. The lowest BCUT2D eigenvalue weighted by atomic mass is 10.0. The summed E-state index contributed by atoms with van der Waals surface area (Å²) in [7, 11) is 0. The molecule has 0 saturated carbocycles. The quantitative estimate of drug-likeness (QED) is 0.867. The van der Waals surface area contributed by atoms with Crippen LogP contribution in [0.2, 0.25) is 0 Å². The van der Waals surface area contributed by atoms with Gasteiger partial charge < -0.3 is 14.8 Å². The maximum atomic E-state index is 5.97. The minimum Gasteiger partial charge on any atom is -0.427 e. The van der Waals surface area contributed by atoms with Crippen molar-refractivity contribution >= 4 is 34.8 Å². The molecule has 0 radical (unpaired) electrons. The van der Waals surface area contributed by atoms with Crippen LogP contribution in [-0.4, -0.2) is 11.8 Å². The Kier molecular flexibility index (Phi) is 4.05. The van der Waals surface area contributed by atoms with Gasteiger partial charge in [0.25, 0.3) is 11.0 Å². The molecule has 1 N–H and O–H groups in total. The maximum absolute atomic E-state index is 5.97. The Morgan fingerprint density at radius 3 is 2.76 bits per heavy atom. The van der Waals surface area contributed by atoms with E-state index in [2.05, 4.69) is 5.32 Å². The van der Waals surface area contributed by atoms with Gasteiger partial charge in [0.1, 0.15) is 0 Å². The monoisotopic (exact) mass is 317 g/mol. The van der Waals surface area contributed by atoms with Crippen LogP contribution in [0.1, 0.15) is 17.4 Å². The van der Waals surface area contributed by atoms with Gasteiger partial charge in [-0.1, -0.05) is 36.4 Å². The summed E-state index contributed by atoms with van der Waals surface area (Å²) in [6.07, 6.45) is 2.02. The summed E-state index contributed by atoms with van der Waals surface area (Å²) in [5.41, 5.74) is 1.73. The van der Waals surface area contributed by atoms with Crippen molar-refractivity contribution in [1.82, 2.24) is 5.32 Å². The average molecular weight is 317 g/mol. The molecule has 2 heterocycles. The zero-order valence-electron chi connectivity index (χ0n) is 11.5. The van der Waals surface area contributed by atoms with Crippen molar-refractivity contribution in [2.45, 2.75) is 12.7 Å². The highest BCUT2D eigenvalue weighted by Gasteiger charge is 2.46. The summed E-state index contributed by atoms with van der Waals surface area (Å²) in [4.78, 5) is 1.12. The van der Waals surface area contributed by atoms with Crippen LogP contribution >= 0.6 is 23.6 Å². The number of thiophene rings is 1. The van der Waals surface area contributed by atoms with Gasteiger partial charge in [-0.3, -0.25) is 0 Å². The molecular formula is C16H15NO2S2. The van der Waals surface area contributed by atoms with E-state index >= 15 is 0 Å². The first kappa shape index (κ1) is 14.3. The van der Waals surface area contributed by atoms with Gasteiger partial charge in [-0.05, 0) is 36.7 Å². The van der Waals surface area contributed by atoms with Crippen LogP contribution in [0.3, 0.4) is 0 Å². The van der Waals surface area contributed by atoms with Crippen molar-refractivity contribution in [2.75, 3.05) is 6.61 Å². The van der Waals surface area contributed by atoms with E-state index in [9.17, 15) is 0 Å². The van der Waals surface area contributed by atoms with Crippen LogP contribution in [0.25, 0.3) is 6.08 Å². The van der Waals surface area contributed by atoms with E-state index in [0.29, 0.717) is 11.8 Å². The molecule has 108 valence electrons. The molecule has 1 aromatic heterocycles. The third-order valence-electron chi connectivity index (χ3n) is 3.16. The van der Waals surface area contributed by atoms with E-state index < -0.39 is 5.79 Å². The van der Waals surface area contributed by atoms with E-state index in [1.54, 1.807) is 11.3 Å². The van der Waals surface area contributed by atoms with Crippen LogP contribution in [0, 0.1) is 0 Å². The largest absolute Gasteiger partial charge is 0.427 e. The summed E-state index contributed by atoms with van der Waals surface area (Å²) in [6, 6.07) is 13.9. The Bertz CT molecular complexity index is 652. The van der Waals surface area contributed by atoms with Gasteiger partial charge in [-0.15, -0.1) is 11.3 Å². The summed E-state index contributed by atoms with van der Waals surface area (Å²) in [5, 5.41) is 5.48. The van der Waals surface area contributed by atoms with Gasteiger partial charge in [0, 0.05) is 17.0 Å². The molecule has 1 saturated heterocycles. The summed E-state index contributed by atoms with van der Waals surface area (Å²) >= 11 is 6.86. The molecule has 21 heavy (non-hydrogen) atoms. The fourth-order valence-electron chi connectivity index (χ4n) is 2.32. The number of nitrogens with one attached hydrogen (secondary N) is 1. The highest BCUT2D eigenvalue weighted by Crippen LogP contribution is 2.39. The minimum absolute atomic E-state index is 0.329. The Hall–Kier alpha value is -1.69. The fourth-order valence-corrected chi connectivity index (χ4v) is 3.20. The van der Waals surface area contributed by atoms with Crippen molar-refractivity contribution in [3.05, 3.63) is 64.0 Å². The predicted octanol–water partition coefficient (Wildman–Crippen LogP) is 3.88. The Labute approximate surface area is 133 Å². The Morgan fingerprint density at radius 1 is 1.29 bits per heavy atom. The number of rotatable bonds is 4. The molecule has 1 atom stereocenters. The molecule has 1 aliphatic heterocycles. The van der Waals surface area contributed by atoms with Crippen molar-refractivity contribution in [2.24, 2.45) is 0 Å². The number of ether oxygens (including phenoxy) is 2. The Balaban J connectivity index is 2.10. The van der Waals surface area contributed by atoms with Gasteiger partial charge in [-0.25, -0.2) is 0 Å². The van der Waals surface area contributed by atoms with E-state index in [0.717, 1.165) is 16.1 Å². The molecule has 3 nitrogen and oxygen atoms in total. The van der Waals surface area contributed by atoms with Crippen LogP contribution < -0.4 is 5.32 Å². The molecule has 1 fully saturated rings. The van der Waals surface area contributed by atoms with Gasteiger partial charge in [0.05, 0.1) is 5.70 Å². The molecule has 2 aromatic rings. The Morgan fingerprint density at radius 2 is 2.10 bits per heavy atom. The van der Waals surface area contributed by atoms with Gasteiger partial charge >= 0.3 is 0 Å². The second-order valence-corrected chi connectivity index (χ2v) is 5.85. The average Bonchev–Trinajstić information content (AvgIpc) is 3.10. The zero-order valence-corrected chi connectivity index (χ0v) is 13.2. The molecule has 5 heteroatoms.